The van der Waals surface area contributed by atoms with Crippen molar-refractivity contribution in [3.8, 4) is 0 Å². The predicted molar refractivity (Wildman–Crippen MR) is 64.7 cm³/mol. The van der Waals surface area contributed by atoms with Gasteiger partial charge in [0.2, 0.25) is 5.95 Å². The molecular weight excluding hydrogens is 202 g/mol. The molecule has 1 saturated heterocycles. The molecule has 4 heteroatoms. The fraction of sp³-hybridized carbons (Fsp3) is 0.750. The van der Waals surface area contributed by atoms with E-state index in [2.05, 4.69) is 35.6 Å². The highest BCUT2D eigenvalue weighted by atomic mass is 16.5. The molecule has 2 heterocycles. The summed E-state index contributed by atoms with van der Waals surface area (Å²) < 4.78 is 7.61. The summed E-state index contributed by atoms with van der Waals surface area (Å²) in [4.78, 5) is 4.44. The summed E-state index contributed by atoms with van der Waals surface area (Å²) in [5, 5.41) is 3.57. The minimum atomic E-state index is 0.128. The molecule has 0 atom stereocenters. The molecule has 0 aromatic carbocycles. The minimum absolute atomic E-state index is 0.128. The Labute approximate surface area is 97.0 Å². The molecule has 0 amide bonds. The molecule has 0 radical (unpaired) electrons. The fourth-order valence-electron chi connectivity index (χ4n) is 2.18. The molecule has 0 spiro atoms. The Morgan fingerprint density at radius 2 is 2.19 bits per heavy atom. The second kappa shape index (κ2) is 4.45. The number of hydrogen-bond donors (Lipinski definition) is 1. The standard InChI is InChI=1S/C12H21N3O/c1-4-15-10(2)9-13-11(15)14-12(3)5-7-16-8-6-12/h9H,4-8H2,1-3H3,(H,13,14). The van der Waals surface area contributed by atoms with Crippen molar-refractivity contribution in [3.63, 3.8) is 0 Å². The van der Waals surface area contributed by atoms with Gasteiger partial charge in [-0.2, -0.15) is 0 Å². The van der Waals surface area contributed by atoms with Gasteiger partial charge < -0.3 is 14.6 Å². The predicted octanol–water partition coefficient (Wildman–Crippen LogP) is 2.19. The van der Waals surface area contributed by atoms with Gasteiger partial charge in [-0.3, -0.25) is 0 Å². The van der Waals surface area contributed by atoms with Crippen LogP contribution in [0.5, 0.6) is 0 Å². The molecule has 2 rings (SSSR count). The number of rotatable bonds is 3. The van der Waals surface area contributed by atoms with E-state index in [-0.39, 0.29) is 5.54 Å². The number of anilines is 1. The zero-order chi connectivity index (χ0) is 11.6. The zero-order valence-electron chi connectivity index (χ0n) is 10.4. The highest BCUT2D eigenvalue weighted by Gasteiger charge is 2.28. The van der Waals surface area contributed by atoms with E-state index >= 15 is 0 Å². The maximum atomic E-state index is 5.40. The molecule has 1 aliphatic heterocycles. The van der Waals surface area contributed by atoms with Gasteiger partial charge in [0, 0.05) is 31.0 Å². The van der Waals surface area contributed by atoms with E-state index in [0.717, 1.165) is 38.5 Å². The fourth-order valence-corrected chi connectivity index (χ4v) is 2.18. The van der Waals surface area contributed by atoms with Gasteiger partial charge in [-0.25, -0.2) is 4.98 Å². The van der Waals surface area contributed by atoms with Crippen LogP contribution in [0.1, 0.15) is 32.4 Å². The number of ether oxygens (including phenoxy) is 1. The first-order valence-electron chi connectivity index (χ1n) is 6.03. The molecule has 1 fully saturated rings. The Kier molecular flexibility index (Phi) is 3.19. The smallest absolute Gasteiger partial charge is 0.203 e. The van der Waals surface area contributed by atoms with E-state index in [1.54, 1.807) is 0 Å². The Morgan fingerprint density at radius 1 is 1.50 bits per heavy atom. The van der Waals surface area contributed by atoms with E-state index < -0.39 is 0 Å². The van der Waals surface area contributed by atoms with E-state index in [1.807, 2.05) is 6.20 Å². The molecule has 0 unspecified atom stereocenters. The lowest BCUT2D eigenvalue weighted by atomic mass is 9.93. The zero-order valence-corrected chi connectivity index (χ0v) is 10.4. The van der Waals surface area contributed by atoms with Gasteiger partial charge >= 0.3 is 0 Å². The lowest BCUT2D eigenvalue weighted by Gasteiger charge is -2.35. The molecule has 1 aliphatic rings. The number of nitrogens with zero attached hydrogens (tertiary/aromatic N) is 2. The molecule has 0 saturated carbocycles. The first-order chi connectivity index (χ1) is 7.64. The third kappa shape index (κ3) is 2.21. The molecule has 1 N–H and O–H groups in total. The number of aromatic nitrogens is 2. The minimum Gasteiger partial charge on any atom is -0.381 e. The third-order valence-corrected chi connectivity index (χ3v) is 3.38. The highest BCUT2D eigenvalue weighted by Crippen LogP contribution is 2.25. The molecular formula is C12H21N3O. The Bertz CT molecular complexity index is 353. The average molecular weight is 223 g/mol. The second-order valence-electron chi connectivity index (χ2n) is 4.77. The Balaban J connectivity index is 2.13. The van der Waals surface area contributed by atoms with Crippen LogP contribution in [-0.2, 0) is 11.3 Å². The summed E-state index contributed by atoms with van der Waals surface area (Å²) in [6.45, 7) is 9.13. The highest BCUT2D eigenvalue weighted by molar-refractivity contribution is 5.33. The lowest BCUT2D eigenvalue weighted by Crippen LogP contribution is -2.41. The van der Waals surface area contributed by atoms with Gasteiger partial charge in [-0.15, -0.1) is 0 Å². The summed E-state index contributed by atoms with van der Waals surface area (Å²) in [5.41, 5.74) is 1.34. The van der Waals surface area contributed by atoms with Crippen molar-refractivity contribution in [1.82, 2.24) is 9.55 Å². The van der Waals surface area contributed by atoms with Gasteiger partial charge in [0.25, 0.3) is 0 Å². The summed E-state index contributed by atoms with van der Waals surface area (Å²) >= 11 is 0. The first kappa shape index (κ1) is 11.5. The van der Waals surface area contributed by atoms with Crippen molar-refractivity contribution < 1.29 is 4.74 Å². The van der Waals surface area contributed by atoms with Crippen molar-refractivity contribution in [2.75, 3.05) is 18.5 Å². The van der Waals surface area contributed by atoms with Crippen LogP contribution >= 0.6 is 0 Å². The lowest BCUT2D eigenvalue weighted by molar-refractivity contribution is 0.0655. The average Bonchev–Trinajstić information content (AvgIpc) is 2.59. The van der Waals surface area contributed by atoms with E-state index in [1.165, 1.54) is 5.69 Å². The molecule has 1 aromatic heterocycles. The van der Waals surface area contributed by atoms with Crippen molar-refractivity contribution in [1.29, 1.82) is 0 Å². The quantitative estimate of drug-likeness (QED) is 0.853. The van der Waals surface area contributed by atoms with E-state index in [9.17, 15) is 0 Å². The summed E-state index contributed by atoms with van der Waals surface area (Å²) in [6.07, 6.45) is 4.01. The largest absolute Gasteiger partial charge is 0.381 e. The van der Waals surface area contributed by atoms with Crippen LogP contribution in [0.4, 0.5) is 5.95 Å². The van der Waals surface area contributed by atoms with Crippen molar-refractivity contribution in [3.05, 3.63) is 11.9 Å². The number of nitrogens with one attached hydrogen (secondary N) is 1. The Hall–Kier alpha value is -1.03. The van der Waals surface area contributed by atoms with Crippen LogP contribution in [0.2, 0.25) is 0 Å². The monoisotopic (exact) mass is 223 g/mol. The first-order valence-corrected chi connectivity index (χ1v) is 6.03. The van der Waals surface area contributed by atoms with Crippen molar-refractivity contribution in [2.45, 2.75) is 45.7 Å². The summed E-state index contributed by atoms with van der Waals surface area (Å²) in [7, 11) is 0. The molecule has 4 nitrogen and oxygen atoms in total. The SMILES string of the molecule is CCn1c(C)cnc1NC1(C)CCOCC1. The van der Waals surface area contributed by atoms with Crippen LogP contribution < -0.4 is 5.32 Å². The number of imidazole rings is 1. The molecule has 16 heavy (non-hydrogen) atoms. The van der Waals surface area contributed by atoms with E-state index in [4.69, 9.17) is 4.74 Å². The third-order valence-electron chi connectivity index (χ3n) is 3.38. The molecule has 0 bridgehead atoms. The van der Waals surface area contributed by atoms with Crippen LogP contribution in [0, 0.1) is 6.92 Å². The second-order valence-corrected chi connectivity index (χ2v) is 4.77. The molecule has 90 valence electrons. The van der Waals surface area contributed by atoms with E-state index in [0.29, 0.717) is 0 Å². The van der Waals surface area contributed by atoms with Crippen LogP contribution in [-0.4, -0.2) is 28.3 Å². The topological polar surface area (TPSA) is 39.1 Å². The molecule has 1 aromatic rings. The summed E-state index contributed by atoms with van der Waals surface area (Å²) in [6, 6.07) is 0. The number of aryl methyl sites for hydroxylation is 1. The maximum Gasteiger partial charge on any atom is 0.203 e. The van der Waals surface area contributed by atoms with Crippen LogP contribution in [0.15, 0.2) is 6.20 Å². The Morgan fingerprint density at radius 3 is 2.81 bits per heavy atom. The number of hydrogen-bond acceptors (Lipinski definition) is 3. The maximum absolute atomic E-state index is 5.40. The molecule has 0 aliphatic carbocycles. The van der Waals surface area contributed by atoms with Crippen LogP contribution in [0.25, 0.3) is 0 Å². The van der Waals surface area contributed by atoms with Gasteiger partial charge in [0.05, 0.1) is 6.20 Å². The normalized spacial score (nSPS) is 19.7. The van der Waals surface area contributed by atoms with Gasteiger partial charge in [0.1, 0.15) is 0 Å². The van der Waals surface area contributed by atoms with Crippen molar-refractivity contribution in [2.24, 2.45) is 0 Å². The van der Waals surface area contributed by atoms with Gasteiger partial charge in [-0.1, -0.05) is 0 Å². The van der Waals surface area contributed by atoms with Crippen LogP contribution in [0.3, 0.4) is 0 Å². The van der Waals surface area contributed by atoms with Gasteiger partial charge in [0.15, 0.2) is 0 Å². The van der Waals surface area contributed by atoms with Crippen molar-refractivity contribution >= 4 is 5.95 Å². The summed E-state index contributed by atoms with van der Waals surface area (Å²) in [5.74, 6) is 0.990. The van der Waals surface area contributed by atoms with Gasteiger partial charge in [-0.05, 0) is 33.6 Å².